The third kappa shape index (κ3) is 2.33. The Morgan fingerprint density at radius 3 is 3.00 bits per heavy atom. The smallest absolute Gasteiger partial charge is 0.291 e. The highest BCUT2D eigenvalue weighted by Gasteiger charge is 2.47. The van der Waals surface area contributed by atoms with Crippen LogP contribution in [0, 0.1) is 0 Å². The van der Waals surface area contributed by atoms with Gasteiger partial charge in [0.1, 0.15) is 0 Å². The van der Waals surface area contributed by atoms with E-state index in [0.717, 1.165) is 12.8 Å². The molecule has 0 saturated carbocycles. The van der Waals surface area contributed by atoms with Crippen LogP contribution in [0.5, 0.6) is 0 Å². The van der Waals surface area contributed by atoms with Gasteiger partial charge in [-0.15, -0.1) is 0 Å². The first kappa shape index (κ1) is 12.5. The number of rotatable bonds is 2. The van der Waals surface area contributed by atoms with E-state index < -0.39 is 0 Å². The molecule has 1 aromatic heterocycles. The number of amides is 1. The Hall–Kier alpha value is -1.53. The molecule has 2 atom stereocenters. The van der Waals surface area contributed by atoms with E-state index in [0.29, 0.717) is 19.7 Å². The van der Waals surface area contributed by atoms with Crippen LogP contribution in [0.4, 0.5) is 0 Å². The van der Waals surface area contributed by atoms with E-state index in [1.54, 1.807) is 30.5 Å². The molecule has 2 aliphatic rings. The number of hydrogen-bond donors (Lipinski definition) is 0. The minimum atomic E-state index is -0.231. The number of aromatic nitrogens is 2. The summed E-state index contributed by atoms with van der Waals surface area (Å²) < 4.78 is 11.2. The predicted molar refractivity (Wildman–Crippen MR) is 66.6 cm³/mol. The van der Waals surface area contributed by atoms with Gasteiger partial charge in [0.05, 0.1) is 24.9 Å². The van der Waals surface area contributed by atoms with Crippen molar-refractivity contribution >= 4 is 5.91 Å². The van der Waals surface area contributed by atoms with Gasteiger partial charge in [0.25, 0.3) is 5.91 Å². The minimum Gasteiger partial charge on any atom is -0.379 e. The molecule has 1 spiro atoms. The van der Waals surface area contributed by atoms with Gasteiger partial charge in [-0.3, -0.25) is 4.79 Å². The van der Waals surface area contributed by atoms with Crippen molar-refractivity contribution < 1.29 is 14.3 Å². The summed E-state index contributed by atoms with van der Waals surface area (Å²) in [6.07, 6.45) is 5.01. The molecule has 0 unspecified atom stereocenters. The molecule has 102 valence electrons. The van der Waals surface area contributed by atoms with E-state index in [1.165, 1.54) is 0 Å². The lowest BCUT2D eigenvalue weighted by atomic mass is 9.98. The molecule has 0 N–H and O–H groups in total. The van der Waals surface area contributed by atoms with Crippen LogP contribution in [0.15, 0.2) is 18.5 Å². The van der Waals surface area contributed by atoms with Crippen LogP contribution in [0.25, 0.3) is 0 Å². The Kier molecular flexibility index (Phi) is 3.20. The summed E-state index contributed by atoms with van der Waals surface area (Å²) in [7, 11) is 1.70. The molecule has 2 fully saturated rings. The third-order valence-corrected chi connectivity index (χ3v) is 3.87. The number of hydrogen-bond acceptors (Lipinski definition) is 5. The fourth-order valence-corrected chi connectivity index (χ4v) is 2.81. The van der Waals surface area contributed by atoms with Gasteiger partial charge in [-0.25, -0.2) is 9.97 Å². The van der Waals surface area contributed by atoms with Gasteiger partial charge in [-0.2, -0.15) is 0 Å². The average molecular weight is 263 g/mol. The molecule has 2 saturated heterocycles. The van der Waals surface area contributed by atoms with Crippen LogP contribution in [0.1, 0.15) is 23.5 Å². The Labute approximate surface area is 111 Å². The summed E-state index contributed by atoms with van der Waals surface area (Å²) in [5.41, 5.74) is -0.231. The summed E-state index contributed by atoms with van der Waals surface area (Å²) in [5.74, 6) is 0.128. The molecule has 3 rings (SSSR count). The molecule has 0 aliphatic carbocycles. The highest BCUT2D eigenvalue weighted by molar-refractivity contribution is 5.90. The van der Waals surface area contributed by atoms with E-state index in [9.17, 15) is 4.79 Å². The molecule has 1 aromatic rings. The summed E-state index contributed by atoms with van der Waals surface area (Å²) in [6.45, 7) is 1.90. The van der Waals surface area contributed by atoms with Crippen LogP contribution in [0.2, 0.25) is 0 Å². The first-order chi connectivity index (χ1) is 9.22. The maximum absolute atomic E-state index is 12.3. The van der Waals surface area contributed by atoms with Crippen LogP contribution < -0.4 is 0 Å². The zero-order valence-corrected chi connectivity index (χ0v) is 10.9. The lowest BCUT2D eigenvalue weighted by molar-refractivity contribution is 0.00692. The van der Waals surface area contributed by atoms with E-state index in [2.05, 4.69) is 9.97 Å². The lowest BCUT2D eigenvalue weighted by Crippen LogP contribution is -2.36. The summed E-state index contributed by atoms with van der Waals surface area (Å²) in [5, 5.41) is 0. The lowest BCUT2D eigenvalue weighted by Gasteiger charge is -2.22. The van der Waals surface area contributed by atoms with Crippen LogP contribution in [0.3, 0.4) is 0 Å². The predicted octanol–water partition coefficient (Wildman–Crippen LogP) is 0.497. The van der Waals surface area contributed by atoms with Gasteiger partial charge in [-0.05, 0) is 12.5 Å². The normalized spacial score (nSPS) is 30.2. The molecule has 19 heavy (non-hydrogen) atoms. The molecular formula is C13H17N3O3. The molecule has 6 nitrogen and oxygen atoms in total. The molecule has 0 aromatic carbocycles. The van der Waals surface area contributed by atoms with Crippen LogP contribution in [-0.4, -0.2) is 59.3 Å². The average Bonchev–Trinajstić information content (AvgIpc) is 3.07. The van der Waals surface area contributed by atoms with Gasteiger partial charge >= 0.3 is 0 Å². The third-order valence-electron chi connectivity index (χ3n) is 3.87. The van der Waals surface area contributed by atoms with Crippen molar-refractivity contribution in [1.82, 2.24) is 14.9 Å². The summed E-state index contributed by atoms with van der Waals surface area (Å²) >= 11 is 0. The number of nitrogens with zero attached hydrogens (tertiary/aromatic N) is 3. The molecule has 1 amide bonds. The van der Waals surface area contributed by atoms with E-state index in [-0.39, 0.29) is 23.4 Å². The second-order valence-corrected chi connectivity index (χ2v) is 5.10. The van der Waals surface area contributed by atoms with Crippen molar-refractivity contribution in [2.24, 2.45) is 0 Å². The Bertz CT molecular complexity index is 467. The largest absolute Gasteiger partial charge is 0.379 e. The van der Waals surface area contributed by atoms with Crippen molar-refractivity contribution in [3.05, 3.63) is 24.3 Å². The van der Waals surface area contributed by atoms with Crippen LogP contribution >= 0.6 is 0 Å². The van der Waals surface area contributed by atoms with Gasteiger partial charge in [0, 0.05) is 32.5 Å². The van der Waals surface area contributed by atoms with Gasteiger partial charge in [0.15, 0.2) is 0 Å². The fourth-order valence-electron chi connectivity index (χ4n) is 2.81. The quantitative estimate of drug-likeness (QED) is 0.777. The van der Waals surface area contributed by atoms with E-state index >= 15 is 0 Å². The Balaban J connectivity index is 1.68. The maximum Gasteiger partial charge on any atom is 0.291 e. The topological polar surface area (TPSA) is 64.6 Å². The standard InChI is InChI=1S/C13H17N3O3/c1-18-10-7-13(19-8-10)3-6-16(9-13)12(17)11-14-4-2-5-15-11/h2,4-5,10H,3,6-9H2,1H3/t10-,13+/m0/s1. The van der Waals surface area contributed by atoms with Crippen molar-refractivity contribution in [2.75, 3.05) is 26.8 Å². The SMILES string of the molecule is CO[C@@H]1CO[C@]2(CCN(C(=O)c3ncccn3)C2)C1. The monoisotopic (exact) mass is 263 g/mol. The first-order valence-corrected chi connectivity index (χ1v) is 6.45. The fraction of sp³-hybridized carbons (Fsp3) is 0.615. The van der Waals surface area contributed by atoms with E-state index in [4.69, 9.17) is 9.47 Å². The Morgan fingerprint density at radius 2 is 2.32 bits per heavy atom. The van der Waals surface area contributed by atoms with Crippen molar-refractivity contribution in [2.45, 2.75) is 24.5 Å². The highest BCUT2D eigenvalue weighted by atomic mass is 16.6. The first-order valence-electron chi connectivity index (χ1n) is 6.45. The molecular weight excluding hydrogens is 246 g/mol. The summed E-state index contributed by atoms with van der Waals surface area (Å²) in [6, 6.07) is 1.70. The second-order valence-electron chi connectivity index (χ2n) is 5.10. The number of carbonyl (C=O) groups excluding carboxylic acids is 1. The van der Waals surface area contributed by atoms with Crippen molar-refractivity contribution in [1.29, 1.82) is 0 Å². The number of carbonyl (C=O) groups is 1. The number of ether oxygens (including phenoxy) is 2. The van der Waals surface area contributed by atoms with Gasteiger partial charge in [-0.1, -0.05) is 0 Å². The second kappa shape index (κ2) is 4.86. The zero-order chi connectivity index (χ0) is 13.3. The van der Waals surface area contributed by atoms with E-state index in [1.807, 2.05) is 0 Å². The van der Waals surface area contributed by atoms with Gasteiger partial charge in [0.2, 0.25) is 5.82 Å². The highest BCUT2D eigenvalue weighted by Crippen LogP contribution is 2.36. The Morgan fingerprint density at radius 1 is 1.53 bits per heavy atom. The number of methoxy groups -OCH3 is 1. The molecule has 3 heterocycles. The minimum absolute atomic E-state index is 0.123. The van der Waals surface area contributed by atoms with Crippen LogP contribution in [-0.2, 0) is 9.47 Å². The van der Waals surface area contributed by atoms with Crippen molar-refractivity contribution in [3.63, 3.8) is 0 Å². The molecule has 0 bridgehead atoms. The zero-order valence-electron chi connectivity index (χ0n) is 10.9. The van der Waals surface area contributed by atoms with Crippen molar-refractivity contribution in [3.8, 4) is 0 Å². The number of likely N-dealkylation sites (tertiary alicyclic amines) is 1. The molecule has 6 heteroatoms. The summed E-state index contributed by atoms with van der Waals surface area (Å²) in [4.78, 5) is 22.0. The van der Waals surface area contributed by atoms with Gasteiger partial charge < -0.3 is 14.4 Å². The maximum atomic E-state index is 12.3. The molecule has 0 radical (unpaired) electrons. The molecule has 2 aliphatic heterocycles.